The van der Waals surface area contributed by atoms with Crippen LogP contribution < -0.4 is 22.9 Å². The molecule has 112 valence electrons. The van der Waals surface area contributed by atoms with E-state index in [0.29, 0.717) is 5.92 Å². The van der Waals surface area contributed by atoms with Gasteiger partial charge in [-0.3, -0.25) is 0 Å². The molecule has 0 fully saturated rings. The third-order valence-electron chi connectivity index (χ3n) is 3.11. The smallest absolute Gasteiger partial charge is 0.00515 e. The van der Waals surface area contributed by atoms with E-state index in [9.17, 15) is 0 Å². The quantitative estimate of drug-likeness (QED) is 0.446. The van der Waals surface area contributed by atoms with E-state index in [2.05, 4.69) is 13.8 Å². The SMILES string of the molecule is CC(CCN)CCCN.CC(CN)CCCCN. The van der Waals surface area contributed by atoms with Crippen LogP contribution in [0.15, 0.2) is 0 Å². The lowest BCUT2D eigenvalue weighted by Crippen LogP contribution is -2.10. The summed E-state index contributed by atoms with van der Waals surface area (Å²) < 4.78 is 0. The molecule has 4 heteroatoms. The molecule has 0 spiro atoms. The van der Waals surface area contributed by atoms with Crippen LogP contribution in [0.5, 0.6) is 0 Å². The van der Waals surface area contributed by atoms with E-state index in [0.717, 1.165) is 51.4 Å². The summed E-state index contributed by atoms with van der Waals surface area (Å²) in [5.74, 6) is 1.44. The van der Waals surface area contributed by atoms with Gasteiger partial charge in [0.1, 0.15) is 0 Å². The summed E-state index contributed by atoms with van der Waals surface area (Å²) in [6, 6.07) is 0. The van der Waals surface area contributed by atoms with Crippen molar-refractivity contribution in [1.29, 1.82) is 0 Å². The molecule has 0 saturated heterocycles. The second kappa shape index (κ2) is 16.8. The van der Waals surface area contributed by atoms with E-state index >= 15 is 0 Å². The predicted molar refractivity (Wildman–Crippen MR) is 82.2 cm³/mol. The van der Waals surface area contributed by atoms with Crippen molar-refractivity contribution in [3.8, 4) is 0 Å². The lowest BCUT2D eigenvalue weighted by atomic mass is 10.0. The van der Waals surface area contributed by atoms with Crippen molar-refractivity contribution in [1.82, 2.24) is 0 Å². The molecule has 0 aromatic rings. The first kappa shape index (κ1) is 20.2. The summed E-state index contributed by atoms with van der Waals surface area (Å²) >= 11 is 0. The van der Waals surface area contributed by atoms with Gasteiger partial charge in [0.05, 0.1) is 0 Å². The summed E-state index contributed by atoms with van der Waals surface area (Å²) in [5.41, 5.74) is 21.5. The van der Waals surface area contributed by atoms with Crippen molar-refractivity contribution < 1.29 is 0 Å². The number of rotatable bonds is 10. The fraction of sp³-hybridized carbons (Fsp3) is 1.00. The molecule has 0 aliphatic carbocycles. The third-order valence-corrected chi connectivity index (χ3v) is 3.11. The molecule has 0 rings (SSSR count). The first-order valence-corrected chi connectivity index (χ1v) is 7.42. The van der Waals surface area contributed by atoms with Crippen LogP contribution in [-0.2, 0) is 0 Å². The van der Waals surface area contributed by atoms with Crippen molar-refractivity contribution >= 4 is 0 Å². The highest BCUT2D eigenvalue weighted by molar-refractivity contribution is 4.53. The molecule has 0 aromatic heterocycles. The number of hydrogen-bond acceptors (Lipinski definition) is 4. The molecule has 8 N–H and O–H groups in total. The molecule has 0 bridgehead atoms. The maximum absolute atomic E-state index is 5.42. The number of nitrogens with two attached hydrogens (primary N) is 4. The van der Waals surface area contributed by atoms with Crippen LogP contribution in [0.25, 0.3) is 0 Å². The monoisotopic (exact) mass is 260 g/mol. The van der Waals surface area contributed by atoms with Crippen molar-refractivity contribution in [3.05, 3.63) is 0 Å². The van der Waals surface area contributed by atoms with Crippen LogP contribution in [-0.4, -0.2) is 26.2 Å². The minimum Gasteiger partial charge on any atom is -0.330 e. The van der Waals surface area contributed by atoms with Gasteiger partial charge in [-0.1, -0.05) is 20.3 Å². The summed E-state index contributed by atoms with van der Waals surface area (Å²) in [6.07, 6.45) is 7.11. The van der Waals surface area contributed by atoms with E-state index in [4.69, 9.17) is 22.9 Å². The highest BCUT2D eigenvalue weighted by Crippen LogP contribution is 2.07. The van der Waals surface area contributed by atoms with Crippen LogP contribution in [0.4, 0.5) is 0 Å². The standard InChI is InChI=1S/2C7H18N2/c1-7(4-6-9)3-2-5-8;1-7(6-9)4-2-3-5-8/h2*7H,2-6,8-9H2,1H3. The lowest BCUT2D eigenvalue weighted by molar-refractivity contribution is 0.485. The normalized spacial score (nSPS) is 13.7. The van der Waals surface area contributed by atoms with Gasteiger partial charge in [-0.25, -0.2) is 0 Å². The van der Waals surface area contributed by atoms with Crippen LogP contribution in [0.2, 0.25) is 0 Å². The van der Waals surface area contributed by atoms with Crippen LogP contribution in [0.3, 0.4) is 0 Å². The Hall–Kier alpha value is -0.160. The van der Waals surface area contributed by atoms with Gasteiger partial charge in [0.25, 0.3) is 0 Å². The van der Waals surface area contributed by atoms with Gasteiger partial charge in [0, 0.05) is 0 Å². The van der Waals surface area contributed by atoms with Gasteiger partial charge in [0.15, 0.2) is 0 Å². The highest BCUT2D eigenvalue weighted by atomic mass is 14.5. The van der Waals surface area contributed by atoms with E-state index < -0.39 is 0 Å². The summed E-state index contributed by atoms with van der Waals surface area (Å²) in [5, 5.41) is 0. The second-order valence-corrected chi connectivity index (χ2v) is 5.24. The molecule has 0 saturated carbocycles. The zero-order valence-corrected chi connectivity index (χ0v) is 12.5. The van der Waals surface area contributed by atoms with Gasteiger partial charge >= 0.3 is 0 Å². The molecular weight excluding hydrogens is 224 g/mol. The Bertz CT molecular complexity index is 142. The van der Waals surface area contributed by atoms with Crippen LogP contribution in [0, 0.1) is 11.8 Å². The molecular formula is C14H36N4. The van der Waals surface area contributed by atoms with Gasteiger partial charge in [-0.15, -0.1) is 0 Å². The zero-order valence-electron chi connectivity index (χ0n) is 12.5. The van der Waals surface area contributed by atoms with Crippen LogP contribution in [0.1, 0.15) is 52.4 Å². The van der Waals surface area contributed by atoms with Gasteiger partial charge < -0.3 is 22.9 Å². The minimum absolute atomic E-state index is 0.677. The van der Waals surface area contributed by atoms with E-state index in [1.165, 1.54) is 19.3 Å². The number of unbranched alkanes of at least 4 members (excludes halogenated alkanes) is 1. The van der Waals surface area contributed by atoms with Crippen molar-refractivity contribution in [2.45, 2.75) is 52.4 Å². The Morgan fingerprint density at radius 2 is 1.17 bits per heavy atom. The molecule has 4 nitrogen and oxygen atoms in total. The second-order valence-electron chi connectivity index (χ2n) is 5.24. The zero-order chi connectivity index (χ0) is 14.2. The Morgan fingerprint density at radius 3 is 1.61 bits per heavy atom. The van der Waals surface area contributed by atoms with Crippen molar-refractivity contribution in [2.75, 3.05) is 26.2 Å². The molecule has 0 aliphatic rings. The maximum Gasteiger partial charge on any atom is -0.00515 e. The Morgan fingerprint density at radius 1 is 0.611 bits per heavy atom. The predicted octanol–water partition coefficient (Wildman–Crippen LogP) is 1.42. The number of hydrogen-bond donors (Lipinski definition) is 4. The molecule has 2 unspecified atom stereocenters. The lowest BCUT2D eigenvalue weighted by Gasteiger charge is -2.06. The molecule has 18 heavy (non-hydrogen) atoms. The third kappa shape index (κ3) is 18.2. The Kier molecular flexibility index (Phi) is 18.9. The van der Waals surface area contributed by atoms with Gasteiger partial charge in [-0.2, -0.15) is 0 Å². The minimum atomic E-state index is 0.677. The van der Waals surface area contributed by atoms with E-state index in [1.807, 2.05) is 0 Å². The van der Waals surface area contributed by atoms with Crippen LogP contribution >= 0.6 is 0 Å². The molecule has 0 heterocycles. The molecule has 2 atom stereocenters. The fourth-order valence-corrected chi connectivity index (χ4v) is 1.65. The van der Waals surface area contributed by atoms with Crippen molar-refractivity contribution in [3.63, 3.8) is 0 Å². The maximum atomic E-state index is 5.42. The average Bonchev–Trinajstić information content (AvgIpc) is 2.37. The first-order chi connectivity index (χ1) is 8.62. The fourth-order valence-electron chi connectivity index (χ4n) is 1.65. The Balaban J connectivity index is 0. The van der Waals surface area contributed by atoms with Gasteiger partial charge in [0.2, 0.25) is 0 Å². The summed E-state index contributed by atoms with van der Waals surface area (Å²) in [4.78, 5) is 0. The summed E-state index contributed by atoms with van der Waals surface area (Å²) in [6.45, 7) is 7.65. The molecule has 0 radical (unpaired) electrons. The molecule has 0 amide bonds. The largest absolute Gasteiger partial charge is 0.330 e. The molecule has 0 aliphatic heterocycles. The Labute approximate surface area is 114 Å². The molecule has 0 aromatic carbocycles. The van der Waals surface area contributed by atoms with Crippen molar-refractivity contribution in [2.24, 2.45) is 34.8 Å². The van der Waals surface area contributed by atoms with E-state index in [-0.39, 0.29) is 0 Å². The summed E-state index contributed by atoms with van der Waals surface area (Å²) in [7, 11) is 0. The average molecular weight is 260 g/mol. The topological polar surface area (TPSA) is 104 Å². The van der Waals surface area contributed by atoms with E-state index in [1.54, 1.807) is 0 Å². The van der Waals surface area contributed by atoms with Gasteiger partial charge in [-0.05, 0) is 70.1 Å². The first-order valence-electron chi connectivity index (χ1n) is 7.42. The highest BCUT2D eigenvalue weighted by Gasteiger charge is 1.97.